The highest BCUT2D eigenvalue weighted by atomic mass is 14.9. The molecule has 3 rings (SSSR count). The van der Waals surface area contributed by atoms with E-state index in [1.54, 1.807) is 0 Å². The Morgan fingerprint density at radius 3 is 2.24 bits per heavy atom. The molecular weight excluding hydrogens is 302 g/mol. The van der Waals surface area contributed by atoms with Gasteiger partial charge in [-0.15, -0.1) is 0 Å². The zero-order valence-corrected chi connectivity index (χ0v) is 14.8. The molecule has 25 heavy (non-hydrogen) atoms. The summed E-state index contributed by atoms with van der Waals surface area (Å²) in [5, 5.41) is 3.64. The highest BCUT2D eigenvalue weighted by Crippen LogP contribution is 2.29. The molecule has 0 bridgehead atoms. The maximum Gasteiger partial charge on any atom is 0.0382 e. The van der Waals surface area contributed by atoms with Crippen LogP contribution in [0.1, 0.15) is 30.9 Å². The lowest BCUT2D eigenvalue weighted by Crippen LogP contribution is -2.19. The quantitative estimate of drug-likeness (QED) is 0.689. The van der Waals surface area contributed by atoms with Gasteiger partial charge in [0, 0.05) is 17.3 Å². The predicted molar refractivity (Wildman–Crippen MR) is 109 cm³/mol. The molecule has 0 saturated carbocycles. The molecule has 0 fully saturated rings. The normalized spacial score (nSPS) is 17.6. The van der Waals surface area contributed by atoms with Crippen LogP contribution in [0.2, 0.25) is 0 Å². The van der Waals surface area contributed by atoms with E-state index in [2.05, 4.69) is 85.6 Å². The smallest absolute Gasteiger partial charge is 0.0382 e. The standard InChI is InChI=1S/C24H25N/c1-19(21-13-9-5-10-14-21)24(23-17-7-3-4-8-18-23)25-20(2)22-15-11-6-12-16-22/h3-7,9-17,23,25H,2,8,18H2,1H3/b24-19+. The van der Waals surface area contributed by atoms with Crippen LogP contribution in [0, 0.1) is 5.92 Å². The lowest BCUT2D eigenvalue weighted by Gasteiger charge is -2.23. The highest BCUT2D eigenvalue weighted by molar-refractivity contribution is 5.72. The van der Waals surface area contributed by atoms with E-state index in [0.717, 1.165) is 24.1 Å². The molecule has 1 aliphatic carbocycles. The van der Waals surface area contributed by atoms with Crippen molar-refractivity contribution >= 4 is 11.3 Å². The van der Waals surface area contributed by atoms with E-state index in [1.165, 1.54) is 16.8 Å². The first kappa shape index (κ1) is 17.0. The van der Waals surface area contributed by atoms with Gasteiger partial charge in [-0.3, -0.25) is 0 Å². The Balaban J connectivity index is 1.96. The van der Waals surface area contributed by atoms with E-state index in [1.807, 2.05) is 18.2 Å². The number of allylic oxidation sites excluding steroid dienone is 5. The minimum absolute atomic E-state index is 0.357. The van der Waals surface area contributed by atoms with Crippen LogP contribution in [0.3, 0.4) is 0 Å². The third kappa shape index (κ3) is 4.39. The second-order valence-electron chi connectivity index (χ2n) is 6.37. The first-order valence-corrected chi connectivity index (χ1v) is 8.86. The van der Waals surface area contributed by atoms with Gasteiger partial charge in [-0.25, -0.2) is 0 Å². The molecular formula is C24H25N. The van der Waals surface area contributed by atoms with Crippen molar-refractivity contribution in [2.75, 3.05) is 0 Å². The number of benzene rings is 2. The summed E-state index contributed by atoms with van der Waals surface area (Å²) in [4.78, 5) is 0. The maximum absolute atomic E-state index is 4.27. The molecule has 1 nitrogen and oxygen atoms in total. The number of nitrogens with one attached hydrogen (secondary N) is 1. The fourth-order valence-corrected chi connectivity index (χ4v) is 3.17. The van der Waals surface area contributed by atoms with Gasteiger partial charge in [0.1, 0.15) is 0 Å². The Hall–Kier alpha value is -2.80. The second-order valence-corrected chi connectivity index (χ2v) is 6.37. The van der Waals surface area contributed by atoms with Crippen LogP contribution in [0.4, 0.5) is 0 Å². The fourth-order valence-electron chi connectivity index (χ4n) is 3.17. The van der Waals surface area contributed by atoms with Gasteiger partial charge in [0.25, 0.3) is 0 Å². The Kier molecular flexibility index (Phi) is 5.69. The van der Waals surface area contributed by atoms with E-state index in [4.69, 9.17) is 0 Å². The monoisotopic (exact) mass is 327 g/mol. The summed E-state index contributed by atoms with van der Waals surface area (Å²) in [7, 11) is 0. The van der Waals surface area contributed by atoms with Gasteiger partial charge in [0.15, 0.2) is 0 Å². The Morgan fingerprint density at radius 2 is 1.56 bits per heavy atom. The van der Waals surface area contributed by atoms with E-state index in [-0.39, 0.29) is 0 Å². The predicted octanol–water partition coefficient (Wildman–Crippen LogP) is 6.20. The minimum Gasteiger partial charge on any atom is -0.358 e. The van der Waals surface area contributed by atoms with Crippen LogP contribution in [-0.2, 0) is 0 Å². The first-order valence-electron chi connectivity index (χ1n) is 8.86. The van der Waals surface area contributed by atoms with Crippen molar-refractivity contribution in [1.82, 2.24) is 5.32 Å². The number of hydrogen-bond donors (Lipinski definition) is 1. The van der Waals surface area contributed by atoms with E-state index >= 15 is 0 Å². The molecule has 0 aromatic heterocycles. The van der Waals surface area contributed by atoms with Crippen LogP contribution >= 0.6 is 0 Å². The molecule has 1 heteroatoms. The van der Waals surface area contributed by atoms with Gasteiger partial charge in [-0.05, 0) is 36.5 Å². The van der Waals surface area contributed by atoms with Crippen LogP contribution in [0.25, 0.3) is 11.3 Å². The molecule has 0 heterocycles. The van der Waals surface area contributed by atoms with Crippen molar-refractivity contribution in [3.8, 4) is 0 Å². The third-order valence-electron chi connectivity index (χ3n) is 4.62. The van der Waals surface area contributed by atoms with Gasteiger partial charge in [0.2, 0.25) is 0 Å². The van der Waals surface area contributed by atoms with E-state index < -0.39 is 0 Å². The van der Waals surface area contributed by atoms with Crippen molar-refractivity contribution < 1.29 is 0 Å². The number of rotatable bonds is 5. The van der Waals surface area contributed by atoms with Crippen molar-refractivity contribution in [2.24, 2.45) is 5.92 Å². The molecule has 0 radical (unpaired) electrons. The molecule has 2 aromatic carbocycles. The molecule has 1 unspecified atom stereocenters. The summed E-state index contributed by atoms with van der Waals surface area (Å²) in [6.07, 6.45) is 11.0. The molecule has 1 N–H and O–H groups in total. The average molecular weight is 327 g/mol. The van der Waals surface area contributed by atoms with E-state index in [0.29, 0.717) is 5.92 Å². The summed E-state index contributed by atoms with van der Waals surface area (Å²) in [6, 6.07) is 20.9. The molecule has 0 saturated heterocycles. The van der Waals surface area contributed by atoms with Crippen LogP contribution < -0.4 is 5.32 Å². The molecule has 0 amide bonds. The lowest BCUT2D eigenvalue weighted by atomic mass is 9.92. The molecule has 126 valence electrons. The lowest BCUT2D eigenvalue weighted by molar-refractivity contribution is 0.660. The Bertz CT molecular complexity index is 795. The molecule has 2 aromatic rings. The zero-order chi connectivity index (χ0) is 17.5. The summed E-state index contributed by atoms with van der Waals surface area (Å²) < 4.78 is 0. The van der Waals surface area contributed by atoms with Gasteiger partial charge in [-0.2, -0.15) is 0 Å². The van der Waals surface area contributed by atoms with Gasteiger partial charge < -0.3 is 5.32 Å². The van der Waals surface area contributed by atoms with E-state index in [9.17, 15) is 0 Å². The Labute approximate surface area is 151 Å². The number of hydrogen-bond acceptors (Lipinski definition) is 1. The average Bonchev–Trinajstić information content (AvgIpc) is 2.96. The van der Waals surface area contributed by atoms with Crippen molar-refractivity contribution in [3.63, 3.8) is 0 Å². The first-order chi connectivity index (χ1) is 12.3. The summed E-state index contributed by atoms with van der Waals surface area (Å²) in [5.41, 5.74) is 5.82. The van der Waals surface area contributed by atoms with Gasteiger partial charge in [0.05, 0.1) is 0 Å². The van der Waals surface area contributed by atoms with Crippen molar-refractivity contribution in [3.05, 3.63) is 108 Å². The van der Waals surface area contributed by atoms with Crippen molar-refractivity contribution in [1.29, 1.82) is 0 Å². The van der Waals surface area contributed by atoms with Crippen LogP contribution in [0.5, 0.6) is 0 Å². The van der Waals surface area contributed by atoms with Gasteiger partial charge in [-0.1, -0.05) is 91.5 Å². The second kappa shape index (κ2) is 8.34. The highest BCUT2D eigenvalue weighted by Gasteiger charge is 2.17. The summed E-state index contributed by atoms with van der Waals surface area (Å²) in [6.45, 7) is 6.47. The fraction of sp³-hybridized carbons (Fsp3) is 0.167. The Morgan fingerprint density at radius 1 is 0.920 bits per heavy atom. The summed E-state index contributed by atoms with van der Waals surface area (Å²) >= 11 is 0. The molecule has 0 aliphatic heterocycles. The van der Waals surface area contributed by atoms with Crippen LogP contribution in [0.15, 0.2) is 97.2 Å². The topological polar surface area (TPSA) is 12.0 Å². The van der Waals surface area contributed by atoms with Crippen molar-refractivity contribution in [2.45, 2.75) is 19.8 Å². The minimum atomic E-state index is 0.357. The summed E-state index contributed by atoms with van der Waals surface area (Å²) in [5.74, 6) is 0.357. The maximum atomic E-state index is 4.27. The SMILES string of the molecule is C=C(N/C(=C(\C)c1ccccc1)C1C=CC=CCC1)c1ccccc1. The zero-order valence-electron chi connectivity index (χ0n) is 14.8. The molecule has 1 atom stereocenters. The third-order valence-corrected chi connectivity index (χ3v) is 4.62. The van der Waals surface area contributed by atoms with Gasteiger partial charge >= 0.3 is 0 Å². The molecule has 0 spiro atoms. The van der Waals surface area contributed by atoms with Crippen LogP contribution in [-0.4, -0.2) is 0 Å². The molecule has 1 aliphatic rings. The largest absolute Gasteiger partial charge is 0.358 e.